The standard InChI is InChI=1S/C11H10N4O/c12-15-14-5-1-2-8-3-4-10-9(6-8)7-13-11(10)16/h1-4,6H,5,7H2,(H,13,16). The van der Waals surface area contributed by atoms with E-state index in [-0.39, 0.29) is 5.91 Å². The number of hydrogen-bond donors (Lipinski definition) is 1. The number of hydrogen-bond acceptors (Lipinski definition) is 2. The third-order valence-corrected chi connectivity index (χ3v) is 2.37. The molecule has 0 spiro atoms. The molecule has 1 aromatic rings. The number of fused-ring (bicyclic) bond motifs is 1. The second-order valence-electron chi connectivity index (χ2n) is 3.42. The molecule has 1 aromatic carbocycles. The molecule has 5 nitrogen and oxygen atoms in total. The molecule has 5 heteroatoms. The molecule has 1 heterocycles. The fraction of sp³-hybridized carbons (Fsp3) is 0.182. The Morgan fingerprint density at radius 3 is 3.25 bits per heavy atom. The third-order valence-electron chi connectivity index (χ3n) is 2.37. The fourth-order valence-electron chi connectivity index (χ4n) is 1.63. The lowest BCUT2D eigenvalue weighted by atomic mass is 10.1. The lowest BCUT2D eigenvalue weighted by Gasteiger charge is -1.97. The van der Waals surface area contributed by atoms with Gasteiger partial charge in [-0.25, -0.2) is 0 Å². The van der Waals surface area contributed by atoms with Crippen molar-refractivity contribution in [2.45, 2.75) is 6.54 Å². The Morgan fingerprint density at radius 1 is 1.56 bits per heavy atom. The van der Waals surface area contributed by atoms with Crippen LogP contribution in [0.1, 0.15) is 21.5 Å². The van der Waals surface area contributed by atoms with Crippen molar-refractivity contribution in [2.24, 2.45) is 5.11 Å². The second-order valence-corrected chi connectivity index (χ2v) is 3.42. The molecule has 16 heavy (non-hydrogen) atoms. The summed E-state index contributed by atoms with van der Waals surface area (Å²) >= 11 is 0. The molecule has 1 aliphatic heterocycles. The minimum atomic E-state index is -0.0142. The van der Waals surface area contributed by atoms with E-state index >= 15 is 0 Å². The number of rotatable bonds is 3. The molecular formula is C11H10N4O. The van der Waals surface area contributed by atoms with E-state index in [1.54, 1.807) is 6.08 Å². The minimum Gasteiger partial charge on any atom is -0.348 e. The summed E-state index contributed by atoms with van der Waals surface area (Å²) in [4.78, 5) is 13.9. The first-order chi connectivity index (χ1) is 7.81. The van der Waals surface area contributed by atoms with E-state index in [9.17, 15) is 4.79 Å². The van der Waals surface area contributed by atoms with Gasteiger partial charge in [0.25, 0.3) is 5.91 Å². The molecule has 0 aromatic heterocycles. The zero-order chi connectivity index (χ0) is 11.4. The molecule has 0 unspecified atom stereocenters. The highest BCUT2D eigenvalue weighted by Gasteiger charge is 2.17. The number of nitrogens with one attached hydrogen (secondary N) is 1. The van der Waals surface area contributed by atoms with E-state index in [1.165, 1.54) is 0 Å². The average molecular weight is 214 g/mol. The van der Waals surface area contributed by atoms with Crippen molar-refractivity contribution in [3.05, 3.63) is 51.4 Å². The minimum absolute atomic E-state index is 0.0142. The number of azide groups is 1. The van der Waals surface area contributed by atoms with Gasteiger partial charge in [-0.1, -0.05) is 23.3 Å². The monoisotopic (exact) mass is 214 g/mol. The van der Waals surface area contributed by atoms with E-state index in [0.717, 1.165) is 16.7 Å². The zero-order valence-corrected chi connectivity index (χ0v) is 8.55. The molecule has 0 bridgehead atoms. The number of nitrogens with zero attached hydrogens (tertiary/aromatic N) is 3. The van der Waals surface area contributed by atoms with Crippen LogP contribution in [0, 0.1) is 0 Å². The van der Waals surface area contributed by atoms with Gasteiger partial charge in [0.15, 0.2) is 0 Å². The highest BCUT2D eigenvalue weighted by molar-refractivity contribution is 5.98. The number of benzene rings is 1. The van der Waals surface area contributed by atoms with Crippen LogP contribution < -0.4 is 5.32 Å². The largest absolute Gasteiger partial charge is 0.348 e. The van der Waals surface area contributed by atoms with Crippen LogP contribution in [-0.2, 0) is 6.54 Å². The van der Waals surface area contributed by atoms with Crippen molar-refractivity contribution in [1.82, 2.24) is 5.32 Å². The van der Waals surface area contributed by atoms with Gasteiger partial charge in [0.2, 0.25) is 0 Å². The summed E-state index contributed by atoms with van der Waals surface area (Å²) < 4.78 is 0. The SMILES string of the molecule is [N-]=[N+]=NCC=Cc1ccc2c(c1)CNC2=O. The summed E-state index contributed by atoms with van der Waals surface area (Å²) in [5.74, 6) is -0.0142. The van der Waals surface area contributed by atoms with E-state index in [4.69, 9.17) is 5.53 Å². The first kappa shape index (κ1) is 10.3. The summed E-state index contributed by atoms with van der Waals surface area (Å²) in [6.45, 7) is 0.928. The molecule has 1 amide bonds. The maximum absolute atomic E-state index is 11.3. The smallest absolute Gasteiger partial charge is 0.251 e. The van der Waals surface area contributed by atoms with E-state index in [2.05, 4.69) is 15.3 Å². The highest BCUT2D eigenvalue weighted by atomic mass is 16.1. The molecule has 0 radical (unpaired) electrons. The van der Waals surface area contributed by atoms with Crippen LogP contribution in [0.5, 0.6) is 0 Å². The van der Waals surface area contributed by atoms with Crippen molar-refractivity contribution in [3.63, 3.8) is 0 Å². The Morgan fingerprint density at radius 2 is 2.44 bits per heavy atom. The molecule has 2 rings (SSSR count). The zero-order valence-electron chi connectivity index (χ0n) is 8.55. The van der Waals surface area contributed by atoms with Crippen molar-refractivity contribution in [3.8, 4) is 0 Å². The molecule has 80 valence electrons. The molecule has 0 saturated heterocycles. The van der Waals surface area contributed by atoms with E-state index in [0.29, 0.717) is 13.1 Å². The maximum Gasteiger partial charge on any atom is 0.251 e. The van der Waals surface area contributed by atoms with Crippen molar-refractivity contribution in [2.75, 3.05) is 6.54 Å². The van der Waals surface area contributed by atoms with Crippen molar-refractivity contribution >= 4 is 12.0 Å². The van der Waals surface area contributed by atoms with Crippen LogP contribution in [0.25, 0.3) is 16.5 Å². The Kier molecular flexibility index (Phi) is 2.89. The van der Waals surface area contributed by atoms with Crippen LogP contribution >= 0.6 is 0 Å². The maximum atomic E-state index is 11.3. The number of carbonyl (C=O) groups is 1. The number of amides is 1. The molecule has 0 saturated carbocycles. The molecule has 1 aliphatic rings. The summed E-state index contributed by atoms with van der Waals surface area (Å²) in [7, 11) is 0. The Balaban J connectivity index is 2.16. The van der Waals surface area contributed by atoms with E-state index < -0.39 is 0 Å². The van der Waals surface area contributed by atoms with E-state index in [1.807, 2.05) is 24.3 Å². The summed E-state index contributed by atoms with van der Waals surface area (Å²) in [5.41, 5.74) is 10.9. The van der Waals surface area contributed by atoms with Crippen LogP contribution in [0.15, 0.2) is 29.4 Å². The van der Waals surface area contributed by atoms with Gasteiger partial charge in [-0.3, -0.25) is 4.79 Å². The predicted molar refractivity (Wildman–Crippen MR) is 60.7 cm³/mol. The van der Waals surface area contributed by atoms with Gasteiger partial charge in [-0.05, 0) is 28.8 Å². The van der Waals surface area contributed by atoms with Crippen molar-refractivity contribution in [1.29, 1.82) is 0 Å². The molecule has 0 atom stereocenters. The van der Waals surface area contributed by atoms with Crippen molar-refractivity contribution < 1.29 is 4.79 Å². The van der Waals surface area contributed by atoms with Gasteiger partial charge in [0.1, 0.15) is 0 Å². The lowest BCUT2D eigenvalue weighted by Crippen LogP contribution is -2.12. The molecule has 1 N–H and O–H groups in total. The summed E-state index contributed by atoms with van der Waals surface area (Å²) in [6, 6.07) is 5.64. The molecule has 0 fully saturated rings. The first-order valence-corrected chi connectivity index (χ1v) is 4.90. The van der Waals surface area contributed by atoms with Gasteiger partial charge in [0, 0.05) is 23.6 Å². The van der Waals surface area contributed by atoms with Crippen LogP contribution in [0.3, 0.4) is 0 Å². The topological polar surface area (TPSA) is 77.9 Å². The average Bonchev–Trinajstić information content (AvgIpc) is 2.66. The van der Waals surface area contributed by atoms with Gasteiger partial charge in [0.05, 0.1) is 0 Å². The van der Waals surface area contributed by atoms with Gasteiger partial charge >= 0.3 is 0 Å². The fourth-order valence-corrected chi connectivity index (χ4v) is 1.63. The molecular weight excluding hydrogens is 204 g/mol. The third kappa shape index (κ3) is 2.04. The van der Waals surface area contributed by atoms with Crippen LogP contribution in [-0.4, -0.2) is 12.5 Å². The van der Waals surface area contributed by atoms with Gasteiger partial charge < -0.3 is 5.32 Å². The van der Waals surface area contributed by atoms with Gasteiger partial charge in [-0.15, -0.1) is 0 Å². The van der Waals surface area contributed by atoms with Gasteiger partial charge in [-0.2, -0.15) is 0 Å². The number of carbonyl (C=O) groups excluding carboxylic acids is 1. The quantitative estimate of drug-likeness (QED) is 0.467. The second kappa shape index (κ2) is 4.51. The lowest BCUT2D eigenvalue weighted by molar-refractivity contribution is 0.0966. The predicted octanol–water partition coefficient (Wildman–Crippen LogP) is 2.25. The van der Waals surface area contributed by atoms with Crippen LogP contribution in [0.2, 0.25) is 0 Å². The Bertz CT molecular complexity index is 501. The summed E-state index contributed by atoms with van der Waals surface area (Å²) in [6.07, 6.45) is 3.66. The molecule has 0 aliphatic carbocycles. The van der Waals surface area contributed by atoms with Crippen LogP contribution in [0.4, 0.5) is 0 Å². The summed E-state index contributed by atoms with van der Waals surface area (Å²) in [5, 5.41) is 6.16. The Hall–Kier alpha value is -2.26. The normalized spacial score (nSPS) is 13.4. The highest BCUT2D eigenvalue weighted by Crippen LogP contribution is 2.17. The Labute approximate surface area is 92.4 Å². The first-order valence-electron chi connectivity index (χ1n) is 4.90.